The van der Waals surface area contributed by atoms with Crippen LogP contribution in [0.2, 0.25) is 0 Å². The molecule has 1 aliphatic rings. The van der Waals surface area contributed by atoms with Crippen molar-refractivity contribution in [3.63, 3.8) is 0 Å². The van der Waals surface area contributed by atoms with Crippen LogP contribution < -0.4 is 10.6 Å². The largest absolute Gasteiger partial charge is 0.385 e. The summed E-state index contributed by atoms with van der Waals surface area (Å²) in [6, 6.07) is 0. The lowest BCUT2D eigenvalue weighted by molar-refractivity contribution is 0.141. The number of ether oxygens (including phenoxy) is 1. The fourth-order valence-electron chi connectivity index (χ4n) is 3.06. The molecule has 2 N–H and O–H groups in total. The van der Waals surface area contributed by atoms with Crippen LogP contribution in [0.1, 0.15) is 45.4 Å². The van der Waals surface area contributed by atoms with E-state index in [1.165, 1.54) is 31.9 Å². The summed E-state index contributed by atoms with van der Waals surface area (Å²) in [5.41, 5.74) is 0.269. The molecule has 0 unspecified atom stereocenters. The van der Waals surface area contributed by atoms with Gasteiger partial charge in [-0.2, -0.15) is 0 Å². The highest BCUT2D eigenvalue weighted by Crippen LogP contribution is 2.41. The van der Waals surface area contributed by atoms with E-state index < -0.39 is 9.84 Å². The molecule has 0 aromatic carbocycles. The average Bonchev–Trinajstić information content (AvgIpc) is 2.95. The Morgan fingerprint density at radius 2 is 1.92 bits per heavy atom. The van der Waals surface area contributed by atoms with E-state index in [1.54, 1.807) is 7.11 Å². The fourth-order valence-corrected chi connectivity index (χ4v) is 3.73. The number of nitrogens with one attached hydrogen (secondary N) is 2. The molecule has 24 heavy (non-hydrogen) atoms. The molecule has 0 aromatic heterocycles. The van der Waals surface area contributed by atoms with Crippen LogP contribution in [0, 0.1) is 5.41 Å². The molecule has 1 rings (SSSR count). The highest BCUT2D eigenvalue weighted by molar-refractivity contribution is 14.0. The Morgan fingerprint density at radius 3 is 2.46 bits per heavy atom. The molecule has 1 fully saturated rings. The number of guanidine groups is 1. The number of hydrogen-bond acceptors (Lipinski definition) is 4. The third-order valence-electron chi connectivity index (χ3n) is 4.40. The molecular weight excluding hydrogens is 441 g/mol. The van der Waals surface area contributed by atoms with Crippen LogP contribution in [-0.2, 0) is 14.6 Å². The first-order valence-electron chi connectivity index (χ1n) is 8.60. The van der Waals surface area contributed by atoms with Gasteiger partial charge in [-0.1, -0.05) is 12.8 Å². The van der Waals surface area contributed by atoms with Crippen molar-refractivity contribution in [2.75, 3.05) is 45.4 Å². The van der Waals surface area contributed by atoms with E-state index in [0.717, 1.165) is 32.1 Å². The van der Waals surface area contributed by atoms with Crippen molar-refractivity contribution >= 4 is 39.8 Å². The zero-order valence-corrected chi connectivity index (χ0v) is 18.4. The number of sulfone groups is 1. The molecule has 0 amide bonds. The minimum atomic E-state index is -2.89. The van der Waals surface area contributed by atoms with E-state index in [9.17, 15) is 8.42 Å². The van der Waals surface area contributed by atoms with Gasteiger partial charge in [-0.3, -0.25) is 4.99 Å². The minimum Gasteiger partial charge on any atom is -0.385 e. The van der Waals surface area contributed by atoms with Crippen LogP contribution in [0.4, 0.5) is 0 Å². The van der Waals surface area contributed by atoms with Crippen molar-refractivity contribution < 1.29 is 13.2 Å². The van der Waals surface area contributed by atoms with Crippen LogP contribution >= 0.6 is 24.0 Å². The van der Waals surface area contributed by atoms with Gasteiger partial charge in [0.2, 0.25) is 0 Å². The van der Waals surface area contributed by atoms with Crippen molar-refractivity contribution in [3.05, 3.63) is 0 Å². The van der Waals surface area contributed by atoms with Crippen LogP contribution in [0.5, 0.6) is 0 Å². The molecule has 144 valence electrons. The molecular formula is C16H34IN3O3S. The Balaban J connectivity index is 0.00000529. The van der Waals surface area contributed by atoms with Crippen LogP contribution in [-0.4, -0.2) is 59.7 Å². The summed E-state index contributed by atoms with van der Waals surface area (Å²) in [5, 5.41) is 6.47. The average molecular weight is 475 g/mol. The maximum atomic E-state index is 11.2. The van der Waals surface area contributed by atoms with Crippen LogP contribution in [0.25, 0.3) is 0 Å². The maximum Gasteiger partial charge on any atom is 0.191 e. The van der Waals surface area contributed by atoms with Gasteiger partial charge in [0.1, 0.15) is 9.84 Å². The van der Waals surface area contributed by atoms with Crippen molar-refractivity contribution in [3.8, 4) is 0 Å². The lowest BCUT2D eigenvalue weighted by atomic mass is 9.83. The normalized spacial score (nSPS) is 17.4. The highest BCUT2D eigenvalue weighted by atomic mass is 127. The SMILES string of the molecule is CCNC(=NCC1(CCOC)CCCC1)NCCCS(C)(=O)=O.I. The summed E-state index contributed by atoms with van der Waals surface area (Å²) in [7, 11) is -1.14. The van der Waals surface area contributed by atoms with Gasteiger partial charge in [-0.25, -0.2) is 8.42 Å². The third kappa shape index (κ3) is 10.0. The number of halogens is 1. The predicted molar refractivity (Wildman–Crippen MR) is 111 cm³/mol. The first-order valence-corrected chi connectivity index (χ1v) is 10.7. The van der Waals surface area contributed by atoms with E-state index in [0.29, 0.717) is 13.0 Å². The molecule has 6 nitrogen and oxygen atoms in total. The highest BCUT2D eigenvalue weighted by Gasteiger charge is 2.33. The molecule has 0 atom stereocenters. The van der Waals surface area contributed by atoms with Gasteiger partial charge in [0, 0.05) is 39.6 Å². The van der Waals surface area contributed by atoms with Crippen molar-refractivity contribution in [1.82, 2.24) is 10.6 Å². The Labute approximate surface area is 164 Å². The Morgan fingerprint density at radius 1 is 1.25 bits per heavy atom. The maximum absolute atomic E-state index is 11.2. The first-order chi connectivity index (χ1) is 10.9. The second-order valence-electron chi connectivity index (χ2n) is 6.56. The molecule has 0 spiro atoms. The van der Waals surface area contributed by atoms with Gasteiger partial charge < -0.3 is 15.4 Å². The third-order valence-corrected chi connectivity index (χ3v) is 5.43. The van der Waals surface area contributed by atoms with Crippen LogP contribution in [0.15, 0.2) is 4.99 Å². The van der Waals surface area contributed by atoms with E-state index >= 15 is 0 Å². The van der Waals surface area contributed by atoms with Crippen LogP contribution in [0.3, 0.4) is 0 Å². The van der Waals surface area contributed by atoms with E-state index in [2.05, 4.69) is 10.6 Å². The summed E-state index contributed by atoms with van der Waals surface area (Å²) < 4.78 is 27.6. The van der Waals surface area contributed by atoms with E-state index in [4.69, 9.17) is 9.73 Å². The fraction of sp³-hybridized carbons (Fsp3) is 0.938. The predicted octanol–water partition coefficient (Wildman–Crippen LogP) is 2.19. The van der Waals surface area contributed by atoms with Gasteiger partial charge >= 0.3 is 0 Å². The van der Waals surface area contributed by atoms with Crippen molar-refractivity contribution in [2.24, 2.45) is 10.4 Å². The molecule has 0 aromatic rings. The summed E-state index contributed by atoms with van der Waals surface area (Å²) in [5.74, 6) is 0.988. The standard InChI is InChI=1S/C16H33N3O3S.HI/c1-4-17-15(18-11-7-13-23(3,20)21)19-14-16(10-12-22-2)8-5-6-9-16;/h4-14H2,1-3H3,(H2,17,18,19);1H. The smallest absolute Gasteiger partial charge is 0.191 e. The summed E-state index contributed by atoms with van der Waals surface area (Å²) in [4.78, 5) is 4.74. The minimum absolute atomic E-state index is 0. The van der Waals surface area contributed by atoms with Gasteiger partial charge in [-0.05, 0) is 38.0 Å². The number of nitrogens with zero attached hydrogens (tertiary/aromatic N) is 1. The molecule has 8 heteroatoms. The lowest BCUT2D eigenvalue weighted by Crippen LogP contribution is -2.39. The molecule has 0 heterocycles. The van der Waals surface area contributed by atoms with Gasteiger partial charge in [0.15, 0.2) is 5.96 Å². The Kier molecular flexibility index (Phi) is 12.2. The molecule has 1 saturated carbocycles. The number of hydrogen-bond donors (Lipinski definition) is 2. The van der Waals surface area contributed by atoms with Gasteiger partial charge in [0.25, 0.3) is 0 Å². The zero-order valence-electron chi connectivity index (χ0n) is 15.3. The summed E-state index contributed by atoms with van der Waals surface area (Å²) >= 11 is 0. The Hall–Kier alpha value is -0.0900. The first kappa shape index (κ1) is 23.9. The van der Waals surface area contributed by atoms with Crippen molar-refractivity contribution in [2.45, 2.75) is 45.4 Å². The number of aliphatic imine (C=N–C) groups is 1. The summed E-state index contributed by atoms with van der Waals surface area (Å²) in [6.07, 6.45) is 7.90. The van der Waals surface area contributed by atoms with Gasteiger partial charge in [0.05, 0.1) is 5.75 Å². The molecule has 0 bridgehead atoms. The number of methoxy groups -OCH3 is 1. The molecule has 1 aliphatic carbocycles. The lowest BCUT2D eigenvalue weighted by Gasteiger charge is -2.27. The zero-order chi connectivity index (χ0) is 17.2. The summed E-state index contributed by atoms with van der Waals surface area (Å²) in [6.45, 7) is 5.03. The molecule has 0 saturated heterocycles. The van der Waals surface area contributed by atoms with E-state index in [1.807, 2.05) is 6.92 Å². The monoisotopic (exact) mass is 475 g/mol. The molecule has 0 radical (unpaired) electrons. The second kappa shape index (κ2) is 12.3. The quantitative estimate of drug-likeness (QED) is 0.219. The Bertz CT molecular complexity index is 463. The van der Waals surface area contributed by atoms with Gasteiger partial charge in [-0.15, -0.1) is 24.0 Å². The number of rotatable bonds is 10. The topological polar surface area (TPSA) is 79.8 Å². The van der Waals surface area contributed by atoms with Crippen molar-refractivity contribution in [1.29, 1.82) is 0 Å². The molecule has 0 aliphatic heterocycles. The van der Waals surface area contributed by atoms with E-state index in [-0.39, 0.29) is 35.1 Å². The second-order valence-corrected chi connectivity index (χ2v) is 8.82.